The summed E-state index contributed by atoms with van der Waals surface area (Å²) in [5, 5.41) is 0. The fourth-order valence-corrected chi connectivity index (χ4v) is 1.13. The van der Waals surface area contributed by atoms with Gasteiger partial charge >= 0.3 is 0 Å². The van der Waals surface area contributed by atoms with Crippen LogP contribution in [0.5, 0.6) is 0 Å². The number of carbonyl (C=O) groups is 1. The van der Waals surface area contributed by atoms with Gasteiger partial charge in [0.1, 0.15) is 6.29 Å². The van der Waals surface area contributed by atoms with Crippen LogP contribution in [0.25, 0.3) is 6.08 Å². The summed E-state index contributed by atoms with van der Waals surface area (Å²) in [6, 6.07) is 9.92. The third kappa shape index (κ3) is 3.54. The van der Waals surface area contributed by atoms with Crippen LogP contribution in [0.15, 0.2) is 36.4 Å². The van der Waals surface area contributed by atoms with Crippen molar-refractivity contribution >= 4 is 12.4 Å². The smallest absolute Gasteiger partial charge is 0.122 e. The minimum Gasteiger partial charge on any atom is -0.377 e. The lowest BCUT2D eigenvalue weighted by Crippen LogP contribution is -2.06. The molecule has 2 heteroatoms. The fourth-order valence-electron chi connectivity index (χ4n) is 1.13. The lowest BCUT2D eigenvalue weighted by Gasteiger charge is -2.05. The lowest BCUT2D eigenvalue weighted by molar-refractivity contribution is -0.109. The van der Waals surface area contributed by atoms with Crippen molar-refractivity contribution in [2.75, 3.05) is 7.11 Å². The molecule has 0 saturated heterocycles. The predicted octanol–water partition coefficient (Wildman–Crippen LogP) is 2.30. The van der Waals surface area contributed by atoms with Crippen molar-refractivity contribution in [1.82, 2.24) is 0 Å². The van der Waals surface area contributed by atoms with Crippen LogP contribution >= 0.6 is 0 Å². The van der Waals surface area contributed by atoms with Gasteiger partial charge < -0.3 is 9.53 Å². The molecule has 1 rings (SSSR count). The summed E-state index contributed by atoms with van der Waals surface area (Å²) in [6.07, 6.45) is 5.00. The van der Waals surface area contributed by atoms with E-state index in [9.17, 15) is 4.79 Å². The van der Waals surface area contributed by atoms with Crippen LogP contribution in [0.3, 0.4) is 0 Å². The summed E-state index contributed by atoms with van der Waals surface area (Å²) in [6.45, 7) is 0. The molecule has 0 radical (unpaired) electrons. The van der Waals surface area contributed by atoms with Crippen LogP contribution in [0.2, 0.25) is 0 Å². The van der Waals surface area contributed by atoms with Gasteiger partial charge in [-0.15, -0.1) is 0 Å². The highest BCUT2D eigenvalue weighted by Gasteiger charge is 1.99. The molecule has 0 N–H and O–H groups in total. The molecule has 0 unspecified atom stereocenters. The van der Waals surface area contributed by atoms with Gasteiger partial charge in [0.05, 0.1) is 6.10 Å². The molecule has 0 aromatic heterocycles. The Kier molecular flexibility index (Phi) is 4.65. The molecular formula is C12H14O2. The maximum atomic E-state index is 10.3. The van der Waals surface area contributed by atoms with Crippen molar-refractivity contribution in [2.45, 2.75) is 12.5 Å². The van der Waals surface area contributed by atoms with Crippen LogP contribution in [-0.4, -0.2) is 19.5 Å². The SMILES string of the molecule is CO[C@@H](/C=C/c1ccccc1)CC=O. The Labute approximate surface area is 84.2 Å². The summed E-state index contributed by atoms with van der Waals surface area (Å²) in [7, 11) is 1.60. The zero-order chi connectivity index (χ0) is 10.2. The second-order valence-electron chi connectivity index (χ2n) is 2.95. The van der Waals surface area contributed by atoms with E-state index in [1.165, 1.54) is 0 Å². The van der Waals surface area contributed by atoms with Crippen molar-refractivity contribution in [3.63, 3.8) is 0 Å². The number of methoxy groups -OCH3 is 1. The Hall–Kier alpha value is -1.41. The molecule has 0 aliphatic heterocycles. The molecule has 0 bridgehead atoms. The molecule has 1 aromatic rings. The van der Waals surface area contributed by atoms with Crippen LogP contribution in [0, 0.1) is 0 Å². The zero-order valence-electron chi connectivity index (χ0n) is 8.22. The van der Waals surface area contributed by atoms with E-state index < -0.39 is 0 Å². The molecule has 0 aliphatic carbocycles. The molecular weight excluding hydrogens is 176 g/mol. The maximum Gasteiger partial charge on any atom is 0.122 e. The van der Waals surface area contributed by atoms with Crippen molar-refractivity contribution in [3.05, 3.63) is 42.0 Å². The average molecular weight is 190 g/mol. The average Bonchev–Trinajstić information content (AvgIpc) is 2.25. The molecule has 0 amide bonds. The number of hydrogen-bond acceptors (Lipinski definition) is 2. The van der Waals surface area contributed by atoms with Crippen LogP contribution in [0.4, 0.5) is 0 Å². The highest BCUT2D eigenvalue weighted by atomic mass is 16.5. The van der Waals surface area contributed by atoms with E-state index in [0.29, 0.717) is 6.42 Å². The molecule has 0 fully saturated rings. The minimum absolute atomic E-state index is 0.118. The second-order valence-corrected chi connectivity index (χ2v) is 2.95. The fraction of sp³-hybridized carbons (Fsp3) is 0.250. The summed E-state index contributed by atoms with van der Waals surface area (Å²) < 4.78 is 5.09. The van der Waals surface area contributed by atoms with E-state index in [1.54, 1.807) is 7.11 Å². The second kappa shape index (κ2) is 6.11. The molecule has 2 nitrogen and oxygen atoms in total. The first-order valence-electron chi connectivity index (χ1n) is 4.56. The Morgan fingerprint density at radius 3 is 2.64 bits per heavy atom. The molecule has 1 atom stereocenters. The molecule has 0 spiro atoms. The van der Waals surface area contributed by atoms with Gasteiger partial charge in [0.25, 0.3) is 0 Å². The Balaban J connectivity index is 2.57. The zero-order valence-corrected chi connectivity index (χ0v) is 8.22. The highest BCUT2D eigenvalue weighted by Crippen LogP contribution is 2.04. The molecule has 0 heterocycles. The summed E-state index contributed by atoms with van der Waals surface area (Å²) in [5.41, 5.74) is 1.11. The summed E-state index contributed by atoms with van der Waals surface area (Å²) in [5.74, 6) is 0. The molecule has 0 aliphatic rings. The quantitative estimate of drug-likeness (QED) is 0.666. The first kappa shape index (κ1) is 10.7. The Morgan fingerprint density at radius 1 is 1.36 bits per heavy atom. The molecule has 14 heavy (non-hydrogen) atoms. The summed E-state index contributed by atoms with van der Waals surface area (Å²) >= 11 is 0. The van der Waals surface area contributed by atoms with Gasteiger partial charge in [-0.1, -0.05) is 42.5 Å². The number of carbonyl (C=O) groups excluding carboxylic acids is 1. The van der Waals surface area contributed by atoms with Crippen molar-refractivity contribution in [3.8, 4) is 0 Å². The molecule has 74 valence electrons. The lowest BCUT2D eigenvalue weighted by atomic mass is 10.1. The number of aldehydes is 1. The van der Waals surface area contributed by atoms with E-state index in [1.807, 2.05) is 42.5 Å². The van der Waals surface area contributed by atoms with Gasteiger partial charge in [-0.2, -0.15) is 0 Å². The van der Waals surface area contributed by atoms with Gasteiger partial charge in [0.2, 0.25) is 0 Å². The van der Waals surface area contributed by atoms with E-state index >= 15 is 0 Å². The number of ether oxygens (including phenoxy) is 1. The third-order valence-electron chi connectivity index (χ3n) is 1.93. The van der Waals surface area contributed by atoms with Gasteiger partial charge in [-0.05, 0) is 5.56 Å². The summed E-state index contributed by atoms with van der Waals surface area (Å²) in [4.78, 5) is 10.3. The van der Waals surface area contributed by atoms with Crippen molar-refractivity contribution < 1.29 is 9.53 Å². The van der Waals surface area contributed by atoms with Gasteiger partial charge in [0, 0.05) is 13.5 Å². The van der Waals surface area contributed by atoms with Crippen LogP contribution in [0.1, 0.15) is 12.0 Å². The minimum atomic E-state index is -0.118. The van der Waals surface area contributed by atoms with E-state index in [0.717, 1.165) is 11.8 Å². The first-order valence-corrected chi connectivity index (χ1v) is 4.56. The molecule has 1 aromatic carbocycles. The number of hydrogen-bond donors (Lipinski definition) is 0. The van der Waals surface area contributed by atoms with Crippen LogP contribution < -0.4 is 0 Å². The third-order valence-corrected chi connectivity index (χ3v) is 1.93. The molecule has 0 saturated carbocycles. The largest absolute Gasteiger partial charge is 0.377 e. The van der Waals surface area contributed by atoms with Gasteiger partial charge in [0.15, 0.2) is 0 Å². The van der Waals surface area contributed by atoms with E-state index in [4.69, 9.17) is 4.74 Å². The van der Waals surface area contributed by atoms with Crippen molar-refractivity contribution in [1.29, 1.82) is 0 Å². The Morgan fingerprint density at radius 2 is 2.07 bits per heavy atom. The Bertz CT molecular complexity index is 290. The normalized spacial score (nSPS) is 12.9. The van der Waals surface area contributed by atoms with Gasteiger partial charge in [-0.25, -0.2) is 0 Å². The number of benzene rings is 1. The standard InChI is InChI=1S/C12H14O2/c1-14-12(9-10-13)8-7-11-5-3-2-4-6-11/h2-8,10,12H,9H2,1H3/b8-7+/t12-/m0/s1. The predicted molar refractivity (Wildman–Crippen MR) is 57.0 cm³/mol. The first-order chi connectivity index (χ1) is 6.86. The van der Waals surface area contributed by atoms with E-state index in [-0.39, 0.29) is 6.10 Å². The highest BCUT2D eigenvalue weighted by molar-refractivity contribution is 5.54. The van der Waals surface area contributed by atoms with Gasteiger partial charge in [-0.3, -0.25) is 0 Å². The van der Waals surface area contributed by atoms with E-state index in [2.05, 4.69) is 0 Å². The van der Waals surface area contributed by atoms with Crippen LogP contribution in [-0.2, 0) is 9.53 Å². The monoisotopic (exact) mass is 190 g/mol. The maximum absolute atomic E-state index is 10.3. The van der Waals surface area contributed by atoms with Crippen molar-refractivity contribution in [2.24, 2.45) is 0 Å². The topological polar surface area (TPSA) is 26.3 Å². The number of rotatable bonds is 5.